The molecule has 1 aliphatic rings. The summed E-state index contributed by atoms with van der Waals surface area (Å²) < 4.78 is 0. The molecule has 0 amide bonds. The van der Waals surface area contributed by atoms with Gasteiger partial charge in [0.15, 0.2) is 0 Å². The lowest BCUT2D eigenvalue weighted by atomic mass is 9.82. The second-order valence-corrected chi connectivity index (χ2v) is 7.27. The Morgan fingerprint density at radius 1 is 0.680 bits per heavy atom. The van der Waals surface area contributed by atoms with E-state index in [0.717, 1.165) is 11.4 Å². The largest absolute Gasteiger partial charge is 0.354 e. The summed E-state index contributed by atoms with van der Waals surface area (Å²) in [4.78, 5) is 3.60. The molecule has 25 heavy (non-hydrogen) atoms. The normalized spacial score (nSPS) is 12.8. The van der Waals surface area contributed by atoms with Crippen LogP contribution in [0.2, 0.25) is 5.02 Å². The number of fused-ring (bicyclic) bond motifs is 6. The fourth-order valence-electron chi connectivity index (χ4n) is 4.44. The van der Waals surface area contributed by atoms with Crippen LogP contribution in [0.3, 0.4) is 0 Å². The van der Waals surface area contributed by atoms with E-state index in [1.54, 1.807) is 0 Å². The summed E-state index contributed by atoms with van der Waals surface area (Å²) in [5, 5.41) is 6.11. The Morgan fingerprint density at radius 2 is 1.56 bits per heavy atom. The number of rotatable bonds is 0. The van der Waals surface area contributed by atoms with Gasteiger partial charge in [0.05, 0.1) is 0 Å². The summed E-state index contributed by atoms with van der Waals surface area (Å²) in [6.07, 6.45) is 0.950. The first-order valence-corrected chi connectivity index (χ1v) is 8.91. The molecule has 0 spiro atoms. The van der Waals surface area contributed by atoms with E-state index in [0.29, 0.717) is 0 Å². The lowest BCUT2D eigenvalue weighted by molar-refractivity contribution is 1.20. The van der Waals surface area contributed by atoms with Crippen molar-refractivity contribution in [1.82, 2.24) is 4.98 Å². The number of para-hydroxylation sites is 1. The molecule has 4 aromatic carbocycles. The molecule has 0 saturated heterocycles. The van der Waals surface area contributed by atoms with Crippen molar-refractivity contribution in [3.8, 4) is 11.1 Å². The molecule has 0 fully saturated rings. The number of nitrogens with one attached hydrogen (secondary N) is 1. The summed E-state index contributed by atoms with van der Waals surface area (Å²) in [6, 6.07) is 23.8. The van der Waals surface area contributed by atoms with Crippen molar-refractivity contribution in [3.63, 3.8) is 0 Å². The molecule has 5 aromatic rings. The van der Waals surface area contributed by atoms with Crippen LogP contribution >= 0.6 is 11.6 Å². The second kappa shape index (κ2) is 4.65. The number of aromatic nitrogens is 1. The molecule has 1 nitrogen and oxygen atoms in total. The summed E-state index contributed by atoms with van der Waals surface area (Å²) in [7, 11) is 0. The summed E-state index contributed by atoms with van der Waals surface area (Å²) in [5.74, 6) is 0. The van der Waals surface area contributed by atoms with E-state index in [1.165, 1.54) is 54.8 Å². The molecule has 0 unspecified atom stereocenters. The summed E-state index contributed by atoms with van der Waals surface area (Å²) in [5.41, 5.74) is 7.71. The highest BCUT2D eigenvalue weighted by Gasteiger charge is 2.21. The molecule has 1 heterocycles. The number of benzene rings is 4. The van der Waals surface area contributed by atoms with Crippen molar-refractivity contribution in [3.05, 3.63) is 82.9 Å². The third-order valence-corrected chi connectivity index (χ3v) is 5.69. The molecule has 2 heteroatoms. The molecule has 0 radical (unpaired) electrons. The zero-order valence-electron chi connectivity index (χ0n) is 13.4. The maximum atomic E-state index is 6.29. The quantitative estimate of drug-likeness (QED) is 0.317. The Bertz CT molecular complexity index is 1330. The lowest BCUT2D eigenvalue weighted by Crippen LogP contribution is -2.01. The Labute approximate surface area is 149 Å². The molecule has 6 rings (SSSR count). The van der Waals surface area contributed by atoms with Crippen LogP contribution in [0.5, 0.6) is 0 Å². The van der Waals surface area contributed by atoms with Crippen molar-refractivity contribution < 1.29 is 0 Å². The zero-order chi connectivity index (χ0) is 16.5. The van der Waals surface area contributed by atoms with Gasteiger partial charge in [-0.1, -0.05) is 54.1 Å². The molecule has 0 saturated carbocycles. The minimum atomic E-state index is 0.798. The number of halogens is 1. The number of hydrogen-bond donors (Lipinski definition) is 1. The number of H-pyrrole nitrogens is 1. The van der Waals surface area contributed by atoms with Gasteiger partial charge in [0.2, 0.25) is 0 Å². The Balaban J connectivity index is 1.86. The van der Waals surface area contributed by atoms with Crippen LogP contribution in [0.25, 0.3) is 43.7 Å². The van der Waals surface area contributed by atoms with Crippen LogP contribution in [0.4, 0.5) is 0 Å². The van der Waals surface area contributed by atoms with Crippen LogP contribution in [-0.2, 0) is 6.42 Å². The predicted molar refractivity (Wildman–Crippen MR) is 107 cm³/mol. The monoisotopic (exact) mass is 339 g/mol. The zero-order valence-corrected chi connectivity index (χ0v) is 14.2. The SMILES string of the molecule is Clc1ccc2c(c1)-c1cccc3c1c(cc1[nH]c4ccccc4c13)C2. The van der Waals surface area contributed by atoms with Gasteiger partial charge in [-0.15, -0.1) is 0 Å². The van der Waals surface area contributed by atoms with E-state index in [1.807, 2.05) is 6.07 Å². The maximum Gasteiger partial charge on any atom is 0.0474 e. The lowest BCUT2D eigenvalue weighted by Gasteiger charge is -2.21. The fourth-order valence-corrected chi connectivity index (χ4v) is 4.61. The molecule has 1 aliphatic carbocycles. The Hall–Kier alpha value is -2.77. The predicted octanol–water partition coefficient (Wildman–Crippen LogP) is 6.70. The fraction of sp³-hybridized carbons (Fsp3) is 0.0435. The van der Waals surface area contributed by atoms with Gasteiger partial charge in [0, 0.05) is 26.8 Å². The molecule has 118 valence electrons. The minimum Gasteiger partial charge on any atom is -0.354 e. The van der Waals surface area contributed by atoms with Crippen molar-refractivity contribution in [2.45, 2.75) is 6.42 Å². The van der Waals surface area contributed by atoms with Crippen molar-refractivity contribution in [2.75, 3.05) is 0 Å². The smallest absolute Gasteiger partial charge is 0.0474 e. The van der Waals surface area contributed by atoms with Gasteiger partial charge in [-0.3, -0.25) is 0 Å². The Kier molecular flexibility index (Phi) is 2.51. The van der Waals surface area contributed by atoms with Crippen LogP contribution in [0.15, 0.2) is 66.7 Å². The number of hydrogen-bond acceptors (Lipinski definition) is 0. The van der Waals surface area contributed by atoms with Gasteiger partial charge < -0.3 is 4.98 Å². The van der Waals surface area contributed by atoms with Crippen LogP contribution in [0, 0.1) is 0 Å². The van der Waals surface area contributed by atoms with Crippen molar-refractivity contribution in [1.29, 1.82) is 0 Å². The van der Waals surface area contributed by atoms with E-state index >= 15 is 0 Å². The first-order chi connectivity index (χ1) is 12.3. The molecular formula is C23H14ClN. The van der Waals surface area contributed by atoms with E-state index in [2.05, 4.69) is 65.6 Å². The topological polar surface area (TPSA) is 15.8 Å². The minimum absolute atomic E-state index is 0.798. The average Bonchev–Trinajstić information content (AvgIpc) is 3.01. The molecule has 0 bridgehead atoms. The van der Waals surface area contributed by atoms with E-state index in [4.69, 9.17) is 11.6 Å². The van der Waals surface area contributed by atoms with Gasteiger partial charge in [-0.05, 0) is 63.7 Å². The van der Waals surface area contributed by atoms with Crippen LogP contribution < -0.4 is 0 Å². The highest BCUT2D eigenvalue weighted by atomic mass is 35.5. The third-order valence-electron chi connectivity index (χ3n) is 5.45. The molecular weight excluding hydrogens is 326 g/mol. The standard InChI is InChI=1S/C23H14ClN/c24-15-9-8-13-10-14-11-21-23(17-4-1-2-7-20(17)25-21)18-6-3-5-16(22(14)18)19(13)12-15/h1-9,11-12,25H,10H2. The molecule has 0 atom stereocenters. The van der Waals surface area contributed by atoms with Gasteiger partial charge in [0.1, 0.15) is 0 Å². The van der Waals surface area contributed by atoms with Crippen molar-refractivity contribution >= 4 is 44.2 Å². The first kappa shape index (κ1) is 13.5. The van der Waals surface area contributed by atoms with E-state index in [9.17, 15) is 0 Å². The first-order valence-electron chi connectivity index (χ1n) is 8.53. The second-order valence-electron chi connectivity index (χ2n) is 6.84. The third kappa shape index (κ3) is 1.74. The van der Waals surface area contributed by atoms with Crippen LogP contribution in [0.1, 0.15) is 11.1 Å². The average molecular weight is 340 g/mol. The van der Waals surface area contributed by atoms with E-state index < -0.39 is 0 Å². The highest BCUT2D eigenvalue weighted by molar-refractivity contribution is 6.31. The van der Waals surface area contributed by atoms with Gasteiger partial charge >= 0.3 is 0 Å². The van der Waals surface area contributed by atoms with Crippen LogP contribution in [-0.4, -0.2) is 4.98 Å². The number of aromatic amines is 1. The van der Waals surface area contributed by atoms with Gasteiger partial charge in [0.25, 0.3) is 0 Å². The highest BCUT2D eigenvalue weighted by Crippen LogP contribution is 2.44. The molecule has 1 N–H and O–H groups in total. The summed E-state index contributed by atoms with van der Waals surface area (Å²) in [6.45, 7) is 0. The maximum absolute atomic E-state index is 6.29. The molecule has 0 aliphatic heterocycles. The summed E-state index contributed by atoms with van der Waals surface area (Å²) >= 11 is 6.29. The molecule has 1 aromatic heterocycles. The van der Waals surface area contributed by atoms with E-state index in [-0.39, 0.29) is 0 Å². The van der Waals surface area contributed by atoms with Gasteiger partial charge in [-0.25, -0.2) is 0 Å². The van der Waals surface area contributed by atoms with Crippen molar-refractivity contribution in [2.24, 2.45) is 0 Å². The Morgan fingerprint density at radius 3 is 2.52 bits per heavy atom. The van der Waals surface area contributed by atoms with Gasteiger partial charge in [-0.2, -0.15) is 0 Å².